The molecular formula is C51H49NO2. The van der Waals surface area contributed by atoms with Gasteiger partial charge in [-0.05, 0) is 118 Å². The molecule has 0 amide bonds. The van der Waals surface area contributed by atoms with Gasteiger partial charge in [-0.3, -0.25) is 0 Å². The van der Waals surface area contributed by atoms with E-state index in [-0.39, 0.29) is 11.8 Å². The van der Waals surface area contributed by atoms with Crippen LogP contribution in [-0.2, 0) is 0 Å². The third-order valence-corrected chi connectivity index (χ3v) is 11.8. The van der Waals surface area contributed by atoms with E-state index in [1.54, 1.807) is 0 Å². The van der Waals surface area contributed by atoms with E-state index in [4.69, 9.17) is 13.8 Å². The second-order valence-electron chi connectivity index (χ2n) is 16.7. The van der Waals surface area contributed by atoms with E-state index in [1.807, 2.05) is 18.2 Å². The standard InChI is InChI=1S/C51H49NO2/c1-31(2)43-28-38(35-20-18-34(19-21-35)36-24-26-51(5,6)27-25-36)29-44(32(3)4)47(43)41-15-11-17-45-49(41)54-50(52-45)42-16-10-14-40-39-23-22-37(30-46(39)53-48(40)42)33-12-8-7-9-13-33/h7-23,28-32,36H,24-27H2,1-6H3/i36D. The van der Waals surface area contributed by atoms with Crippen LogP contribution in [0.5, 0.6) is 0 Å². The van der Waals surface area contributed by atoms with Crippen LogP contribution in [0, 0.1) is 5.41 Å². The predicted octanol–water partition coefficient (Wildman–Crippen LogP) is 15.3. The topological polar surface area (TPSA) is 39.2 Å². The highest BCUT2D eigenvalue weighted by atomic mass is 16.4. The quantitative estimate of drug-likeness (QED) is 0.165. The summed E-state index contributed by atoms with van der Waals surface area (Å²) in [4.78, 5) is 5.09. The highest BCUT2D eigenvalue weighted by molar-refractivity contribution is 6.10. The molecule has 1 aliphatic carbocycles. The van der Waals surface area contributed by atoms with Gasteiger partial charge in [0.2, 0.25) is 5.89 Å². The Morgan fingerprint density at radius 3 is 1.96 bits per heavy atom. The van der Waals surface area contributed by atoms with Crippen molar-refractivity contribution in [3.05, 3.63) is 138 Å². The maximum Gasteiger partial charge on any atom is 0.231 e. The molecule has 9 rings (SSSR count). The Bertz CT molecular complexity index is 2660. The van der Waals surface area contributed by atoms with Crippen LogP contribution in [0.15, 0.2) is 130 Å². The van der Waals surface area contributed by atoms with E-state index in [0.29, 0.717) is 11.3 Å². The lowest BCUT2D eigenvalue weighted by Crippen LogP contribution is -2.20. The molecule has 0 saturated heterocycles. The fraction of sp³-hybridized carbons (Fsp3) is 0.275. The summed E-state index contributed by atoms with van der Waals surface area (Å²) in [5.74, 6) is 0.603. The number of furan rings is 1. The fourth-order valence-corrected chi connectivity index (χ4v) is 8.53. The van der Waals surface area contributed by atoms with E-state index >= 15 is 0 Å². The van der Waals surface area contributed by atoms with Crippen LogP contribution in [0.2, 0.25) is 0 Å². The second-order valence-corrected chi connectivity index (χ2v) is 16.7. The van der Waals surface area contributed by atoms with Crippen LogP contribution in [-0.4, -0.2) is 4.98 Å². The molecule has 2 heterocycles. The smallest absolute Gasteiger partial charge is 0.231 e. The van der Waals surface area contributed by atoms with E-state index in [1.165, 1.54) is 27.8 Å². The molecule has 0 bridgehead atoms. The Kier molecular flexibility index (Phi) is 8.27. The summed E-state index contributed by atoms with van der Waals surface area (Å²) in [5.41, 5.74) is 15.1. The van der Waals surface area contributed by atoms with Gasteiger partial charge in [-0.2, -0.15) is 0 Å². The first kappa shape index (κ1) is 33.2. The van der Waals surface area contributed by atoms with Crippen molar-refractivity contribution in [1.82, 2.24) is 4.98 Å². The zero-order chi connectivity index (χ0) is 38.1. The first-order valence-corrected chi connectivity index (χ1v) is 19.7. The Hall–Kier alpha value is -5.41. The summed E-state index contributed by atoms with van der Waals surface area (Å²) in [6.45, 7) is 13.8. The van der Waals surface area contributed by atoms with Crippen LogP contribution < -0.4 is 0 Å². The maximum absolute atomic E-state index is 9.32. The monoisotopic (exact) mass is 708 g/mol. The summed E-state index contributed by atoms with van der Waals surface area (Å²) >= 11 is 0. The zero-order valence-corrected chi connectivity index (χ0v) is 32.3. The largest absolute Gasteiger partial charge is 0.455 e. The number of benzene rings is 6. The SMILES string of the molecule is [2H]C1(c2ccc(-c3cc(C(C)C)c(-c4cccc5nc(-c6cccc7c6oc6cc(-c8ccccc8)ccc67)oc45)c(C(C)C)c3)cc2)CCC(C)(C)CC1. The van der Waals surface area contributed by atoms with Crippen molar-refractivity contribution in [2.24, 2.45) is 5.41 Å². The molecule has 3 heteroatoms. The molecule has 0 unspecified atom stereocenters. The molecular weight excluding hydrogens is 659 g/mol. The van der Waals surface area contributed by atoms with E-state index in [0.717, 1.165) is 86.5 Å². The Balaban J connectivity index is 1.13. The molecule has 54 heavy (non-hydrogen) atoms. The van der Waals surface area contributed by atoms with Gasteiger partial charge in [0, 0.05) is 17.7 Å². The molecule has 1 fully saturated rings. The lowest BCUT2D eigenvalue weighted by molar-refractivity contribution is 0.224. The average molecular weight is 709 g/mol. The Labute approximate surface area is 320 Å². The summed E-state index contributed by atoms with van der Waals surface area (Å²) in [6, 6.07) is 43.0. The molecule has 3 nitrogen and oxygen atoms in total. The summed E-state index contributed by atoms with van der Waals surface area (Å²) in [5, 5.41) is 2.12. The lowest BCUT2D eigenvalue weighted by atomic mass is 9.71. The van der Waals surface area contributed by atoms with Gasteiger partial charge in [0.15, 0.2) is 5.58 Å². The summed E-state index contributed by atoms with van der Waals surface area (Å²) < 4.78 is 22.8. The van der Waals surface area contributed by atoms with E-state index < -0.39 is 5.89 Å². The number of para-hydroxylation sites is 2. The number of hydrogen-bond donors (Lipinski definition) is 0. The first-order valence-electron chi connectivity index (χ1n) is 20.2. The van der Waals surface area contributed by atoms with Crippen LogP contribution in [0.1, 0.15) is 103 Å². The van der Waals surface area contributed by atoms with Gasteiger partial charge in [0.05, 0.1) is 5.56 Å². The third-order valence-electron chi connectivity index (χ3n) is 11.8. The van der Waals surface area contributed by atoms with Gasteiger partial charge < -0.3 is 8.83 Å². The zero-order valence-electron chi connectivity index (χ0n) is 33.3. The van der Waals surface area contributed by atoms with Gasteiger partial charge in [0.25, 0.3) is 0 Å². The molecule has 0 radical (unpaired) electrons. The average Bonchev–Trinajstić information content (AvgIpc) is 3.81. The molecule has 6 aromatic carbocycles. The predicted molar refractivity (Wildman–Crippen MR) is 226 cm³/mol. The van der Waals surface area contributed by atoms with Gasteiger partial charge in [0.1, 0.15) is 16.7 Å². The number of hydrogen-bond acceptors (Lipinski definition) is 3. The number of aromatic nitrogens is 1. The van der Waals surface area contributed by atoms with Crippen molar-refractivity contribution < 1.29 is 10.2 Å². The first-order chi connectivity index (χ1) is 26.5. The van der Waals surface area contributed by atoms with Crippen molar-refractivity contribution >= 4 is 33.0 Å². The lowest BCUT2D eigenvalue weighted by Gasteiger charge is -2.34. The molecule has 0 aliphatic heterocycles. The van der Waals surface area contributed by atoms with E-state index in [9.17, 15) is 1.37 Å². The third kappa shape index (κ3) is 6.14. The molecule has 270 valence electrons. The molecule has 2 aromatic heterocycles. The molecule has 0 atom stereocenters. The van der Waals surface area contributed by atoms with Crippen molar-refractivity contribution in [2.75, 3.05) is 0 Å². The summed E-state index contributed by atoms with van der Waals surface area (Å²) in [7, 11) is 0. The van der Waals surface area contributed by atoms with Gasteiger partial charge >= 0.3 is 0 Å². The van der Waals surface area contributed by atoms with Crippen molar-refractivity contribution in [1.29, 1.82) is 0 Å². The highest BCUT2D eigenvalue weighted by Gasteiger charge is 2.28. The number of rotatable bonds is 7. The van der Waals surface area contributed by atoms with E-state index in [2.05, 4.69) is 145 Å². The molecule has 1 aliphatic rings. The highest BCUT2D eigenvalue weighted by Crippen LogP contribution is 2.46. The fourth-order valence-electron chi connectivity index (χ4n) is 8.53. The normalized spacial score (nSPS) is 15.8. The summed E-state index contributed by atoms with van der Waals surface area (Å²) in [6.07, 6.45) is 4.03. The minimum absolute atomic E-state index is 0.275. The van der Waals surface area contributed by atoms with Crippen molar-refractivity contribution in [3.63, 3.8) is 0 Å². The maximum atomic E-state index is 9.32. The Morgan fingerprint density at radius 2 is 1.26 bits per heavy atom. The molecule has 8 aromatic rings. The van der Waals surface area contributed by atoms with Gasteiger partial charge in [-0.1, -0.05) is 139 Å². The Morgan fingerprint density at radius 1 is 0.611 bits per heavy atom. The van der Waals surface area contributed by atoms with Crippen LogP contribution in [0.25, 0.3) is 77.9 Å². The minimum atomic E-state index is -0.499. The molecule has 1 saturated carbocycles. The van der Waals surface area contributed by atoms with Gasteiger partial charge in [-0.15, -0.1) is 0 Å². The second kappa shape index (κ2) is 13.5. The number of oxazole rings is 1. The molecule has 0 spiro atoms. The van der Waals surface area contributed by atoms with Crippen molar-refractivity contribution in [2.45, 2.75) is 85.0 Å². The number of fused-ring (bicyclic) bond motifs is 4. The number of nitrogens with zero attached hydrogens (tertiary/aromatic N) is 1. The minimum Gasteiger partial charge on any atom is -0.455 e. The van der Waals surface area contributed by atoms with Crippen LogP contribution in [0.3, 0.4) is 0 Å². The van der Waals surface area contributed by atoms with Crippen LogP contribution in [0.4, 0.5) is 0 Å². The van der Waals surface area contributed by atoms with Crippen molar-refractivity contribution in [3.8, 4) is 44.8 Å². The molecule has 0 N–H and O–H groups in total. The van der Waals surface area contributed by atoms with Crippen LogP contribution >= 0.6 is 0 Å². The van der Waals surface area contributed by atoms with Gasteiger partial charge in [-0.25, -0.2) is 4.98 Å².